The van der Waals surface area contributed by atoms with Crippen molar-refractivity contribution in [3.63, 3.8) is 0 Å². The summed E-state index contributed by atoms with van der Waals surface area (Å²) in [5, 5.41) is 17.6. The number of hydrogen-bond donors (Lipinski definition) is 2. The van der Waals surface area contributed by atoms with Crippen LogP contribution >= 0.6 is 11.3 Å². The van der Waals surface area contributed by atoms with Crippen molar-refractivity contribution in [1.29, 1.82) is 0 Å². The van der Waals surface area contributed by atoms with E-state index in [0.717, 1.165) is 11.3 Å². The molecule has 0 aliphatic carbocycles. The average Bonchev–Trinajstić information content (AvgIpc) is 2.77. The van der Waals surface area contributed by atoms with Crippen LogP contribution < -0.4 is 0 Å². The van der Waals surface area contributed by atoms with E-state index in [1.165, 1.54) is 16.4 Å². The first-order valence-electron chi connectivity index (χ1n) is 6.22. The Hall–Kier alpha value is -0.960. The van der Waals surface area contributed by atoms with Crippen LogP contribution in [0.5, 0.6) is 0 Å². The fourth-order valence-corrected chi connectivity index (χ4v) is 4.89. The lowest BCUT2D eigenvalue weighted by atomic mass is 10.3. The van der Waals surface area contributed by atoms with Crippen molar-refractivity contribution in [3.8, 4) is 0 Å². The van der Waals surface area contributed by atoms with Crippen LogP contribution in [0.25, 0.3) is 0 Å². The van der Waals surface area contributed by atoms with Gasteiger partial charge in [-0.15, -0.1) is 11.3 Å². The summed E-state index contributed by atoms with van der Waals surface area (Å²) in [7, 11) is -3.64. The molecule has 0 spiro atoms. The second kappa shape index (κ2) is 7.16. The highest BCUT2D eigenvalue weighted by atomic mass is 32.2. The van der Waals surface area contributed by atoms with E-state index in [1.807, 2.05) is 0 Å². The van der Waals surface area contributed by atoms with Gasteiger partial charge in [0.15, 0.2) is 0 Å². The Bertz CT molecular complexity index is 550. The molecule has 0 aliphatic rings. The van der Waals surface area contributed by atoms with E-state index in [1.54, 1.807) is 13.8 Å². The van der Waals surface area contributed by atoms with E-state index in [-0.39, 0.29) is 29.8 Å². The molecule has 1 aromatic rings. The van der Waals surface area contributed by atoms with E-state index in [0.29, 0.717) is 11.3 Å². The molecule has 0 saturated heterocycles. The maximum Gasteiger partial charge on any atom is 0.308 e. The fraction of sp³-hybridized carbons (Fsp3) is 0.583. The predicted octanol–water partition coefficient (Wildman–Crippen LogP) is 1.16. The molecule has 0 bridgehead atoms. The number of hydrogen-bond acceptors (Lipinski definition) is 5. The minimum atomic E-state index is -3.64. The first-order chi connectivity index (χ1) is 9.28. The molecule has 6 nitrogen and oxygen atoms in total. The summed E-state index contributed by atoms with van der Waals surface area (Å²) in [5.41, 5.74) is 0. The second-order valence-electron chi connectivity index (χ2n) is 4.58. The molecular formula is C12H19NO5S2. The zero-order valence-corrected chi connectivity index (χ0v) is 13.1. The summed E-state index contributed by atoms with van der Waals surface area (Å²) in [4.78, 5) is 11.1. The highest BCUT2D eigenvalue weighted by Crippen LogP contribution is 2.26. The number of nitrogens with zero attached hydrogens (tertiary/aromatic N) is 1. The van der Waals surface area contributed by atoms with Crippen LogP contribution in [0.2, 0.25) is 0 Å². The summed E-state index contributed by atoms with van der Waals surface area (Å²) in [6, 6.07) is 2.74. The lowest BCUT2D eigenvalue weighted by molar-refractivity contribution is -0.136. The first kappa shape index (κ1) is 17.1. The maximum absolute atomic E-state index is 12.5. The SMILES string of the molecule is CC(C)N(CCCO)S(=O)(=O)c1ccc(CC(=O)O)s1. The summed E-state index contributed by atoms with van der Waals surface area (Å²) >= 11 is 0.974. The van der Waals surface area contributed by atoms with Crippen LogP contribution in [0.1, 0.15) is 25.1 Å². The molecule has 1 aromatic heterocycles. The Balaban J connectivity index is 3.00. The van der Waals surface area contributed by atoms with E-state index in [2.05, 4.69) is 0 Å². The lowest BCUT2D eigenvalue weighted by Crippen LogP contribution is -2.37. The molecule has 0 amide bonds. The quantitative estimate of drug-likeness (QED) is 0.749. The maximum atomic E-state index is 12.5. The fourth-order valence-electron chi connectivity index (χ4n) is 1.74. The van der Waals surface area contributed by atoms with Crippen LogP contribution in [0.4, 0.5) is 0 Å². The Morgan fingerprint density at radius 1 is 1.40 bits per heavy atom. The molecule has 0 aromatic carbocycles. The molecule has 0 radical (unpaired) electrons. The summed E-state index contributed by atoms with van der Waals surface area (Å²) in [6.45, 7) is 3.69. The van der Waals surface area contributed by atoms with Gasteiger partial charge in [-0.25, -0.2) is 8.42 Å². The molecule has 0 unspecified atom stereocenters. The Morgan fingerprint density at radius 3 is 2.55 bits per heavy atom. The van der Waals surface area contributed by atoms with Gasteiger partial charge in [-0.1, -0.05) is 0 Å². The molecule has 1 rings (SSSR count). The first-order valence-corrected chi connectivity index (χ1v) is 8.48. The van der Waals surface area contributed by atoms with Gasteiger partial charge in [-0.3, -0.25) is 4.79 Å². The summed E-state index contributed by atoms with van der Waals surface area (Å²) in [5.74, 6) is -0.989. The smallest absolute Gasteiger partial charge is 0.308 e. The zero-order chi connectivity index (χ0) is 15.3. The number of carbonyl (C=O) groups is 1. The number of aliphatic carboxylic acids is 1. The van der Waals surface area contributed by atoms with Crippen molar-refractivity contribution >= 4 is 27.3 Å². The molecule has 20 heavy (non-hydrogen) atoms. The van der Waals surface area contributed by atoms with Gasteiger partial charge in [-0.05, 0) is 32.4 Å². The highest BCUT2D eigenvalue weighted by molar-refractivity contribution is 7.91. The topological polar surface area (TPSA) is 94.9 Å². The monoisotopic (exact) mass is 321 g/mol. The van der Waals surface area contributed by atoms with Crippen molar-refractivity contribution in [1.82, 2.24) is 4.31 Å². The second-order valence-corrected chi connectivity index (χ2v) is 7.86. The third-order valence-corrected chi connectivity index (χ3v) is 6.27. The molecule has 8 heteroatoms. The van der Waals surface area contributed by atoms with E-state index < -0.39 is 16.0 Å². The minimum absolute atomic E-state index is 0.0759. The number of thiophene rings is 1. The molecule has 1 heterocycles. The average molecular weight is 321 g/mol. The van der Waals surface area contributed by atoms with Crippen LogP contribution in [0, 0.1) is 0 Å². The van der Waals surface area contributed by atoms with Crippen molar-refractivity contribution in [2.24, 2.45) is 0 Å². The number of aliphatic hydroxyl groups is 1. The van der Waals surface area contributed by atoms with Gasteiger partial charge in [0.2, 0.25) is 0 Å². The number of rotatable bonds is 8. The molecule has 2 N–H and O–H groups in total. The molecular weight excluding hydrogens is 302 g/mol. The minimum Gasteiger partial charge on any atom is -0.481 e. The van der Waals surface area contributed by atoms with Gasteiger partial charge < -0.3 is 10.2 Å². The Morgan fingerprint density at radius 2 is 2.05 bits per heavy atom. The van der Waals surface area contributed by atoms with Crippen LogP contribution in [-0.2, 0) is 21.2 Å². The van der Waals surface area contributed by atoms with Crippen LogP contribution in [0.15, 0.2) is 16.3 Å². The molecule has 0 aliphatic heterocycles. The van der Waals surface area contributed by atoms with Gasteiger partial charge >= 0.3 is 5.97 Å². The Labute approximate surface area is 122 Å². The molecule has 0 fully saturated rings. The van der Waals surface area contributed by atoms with Crippen LogP contribution in [-0.4, -0.2) is 48.1 Å². The van der Waals surface area contributed by atoms with Gasteiger partial charge in [-0.2, -0.15) is 4.31 Å². The number of carboxylic acid groups (broad SMARTS) is 1. The molecule has 0 saturated carbocycles. The Kier molecular flexibility index (Phi) is 6.12. The van der Waals surface area contributed by atoms with Gasteiger partial charge in [0.25, 0.3) is 10.0 Å². The van der Waals surface area contributed by atoms with E-state index in [4.69, 9.17) is 10.2 Å². The molecule has 0 atom stereocenters. The van der Waals surface area contributed by atoms with E-state index >= 15 is 0 Å². The normalized spacial score (nSPS) is 12.2. The largest absolute Gasteiger partial charge is 0.481 e. The zero-order valence-electron chi connectivity index (χ0n) is 11.4. The van der Waals surface area contributed by atoms with Gasteiger partial charge in [0.05, 0.1) is 6.42 Å². The third kappa shape index (κ3) is 4.27. The van der Waals surface area contributed by atoms with Gasteiger partial charge in [0, 0.05) is 24.1 Å². The van der Waals surface area contributed by atoms with Crippen LogP contribution in [0.3, 0.4) is 0 Å². The van der Waals surface area contributed by atoms with Crippen molar-refractivity contribution in [2.45, 2.75) is 36.9 Å². The van der Waals surface area contributed by atoms with Crippen molar-refractivity contribution < 1.29 is 23.4 Å². The lowest BCUT2D eigenvalue weighted by Gasteiger charge is -2.24. The van der Waals surface area contributed by atoms with Gasteiger partial charge in [0.1, 0.15) is 4.21 Å². The standard InChI is InChI=1S/C12H19NO5S2/c1-9(2)13(6-3-7-14)20(17,18)12-5-4-10(19-12)8-11(15)16/h4-5,9,14H,3,6-8H2,1-2H3,(H,15,16). The highest BCUT2D eigenvalue weighted by Gasteiger charge is 2.28. The number of carboxylic acids is 1. The summed E-state index contributed by atoms with van der Waals surface area (Å²) < 4.78 is 26.4. The summed E-state index contributed by atoms with van der Waals surface area (Å²) in [6.07, 6.45) is 0.184. The number of aliphatic hydroxyl groups excluding tert-OH is 1. The van der Waals surface area contributed by atoms with E-state index in [9.17, 15) is 13.2 Å². The number of sulfonamides is 1. The predicted molar refractivity (Wildman–Crippen MR) is 76.4 cm³/mol. The van der Waals surface area contributed by atoms with Crippen molar-refractivity contribution in [2.75, 3.05) is 13.2 Å². The molecule has 114 valence electrons. The van der Waals surface area contributed by atoms with Crippen molar-refractivity contribution in [3.05, 3.63) is 17.0 Å². The third-order valence-electron chi connectivity index (χ3n) is 2.64.